The van der Waals surface area contributed by atoms with Gasteiger partial charge in [-0.2, -0.15) is 13.1 Å². The Morgan fingerprint density at radius 2 is 2.00 bits per heavy atom. The zero-order chi connectivity index (χ0) is 21.9. The summed E-state index contributed by atoms with van der Waals surface area (Å²) < 4.78 is 48.1. The Hall–Kier alpha value is -1.75. The summed E-state index contributed by atoms with van der Waals surface area (Å²) >= 11 is 0. The lowest BCUT2D eigenvalue weighted by molar-refractivity contribution is -0.00704. The Kier molecular flexibility index (Phi) is 7.33. The van der Waals surface area contributed by atoms with E-state index in [0.717, 1.165) is 31.2 Å². The van der Waals surface area contributed by atoms with Crippen molar-refractivity contribution in [2.24, 2.45) is 0 Å². The molecule has 0 bridgehead atoms. The molecule has 1 saturated heterocycles. The second-order valence-electron chi connectivity index (χ2n) is 8.14. The van der Waals surface area contributed by atoms with Crippen LogP contribution in [0.4, 0.5) is 9.18 Å². The summed E-state index contributed by atoms with van der Waals surface area (Å²) in [6.45, 7) is 1.89. The van der Waals surface area contributed by atoms with Gasteiger partial charge in [0.1, 0.15) is 5.82 Å². The smallest absolute Gasteiger partial charge is 0.407 e. The molecule has 3 rings (SSSR count). The maximum Gasteiger partial charge on any atom is 0.407 e. The number of amides is 1. The van der Waals surface area contributed by atoms with Crippen LogP contribution in [0, 0.1) is 5.82 Å². The van der Waals surface area contributed by atoms with E-state index in [1.54, 1.807) is 19.1 Å². The first kappa shape index (κ1) is 22.9. The quantitative estimate of drug-likeness (QED) is 0.600. The number of rotatable bonds is 7. The van der Waals surface area contributed by atoms with Crippen LogP contribution in [0.1, 0.15) is 50.5 Å². The van der Waals surface area contributed by atoms with E-state index >= 15 is 0 Å². The molecular formula is C20H30FN3O5S. The Morgan fingerprint density at radius 1 is 1.30 bits per heavy atom. The first-order valence-electron chi connectivity index (χ1n) is 10.3. The van der Waals surface area contributed by atoms with Gasteiger partial charge in [-0.3, -0.25) is 4.90 Å². The van der Waals surface area contributed by atoms with E-state index in [4.69, 9.17) is 4.74 Å². The molecule has 0 aromatic heterocycles. The minimum atomic E-state index is -3.70. The molecular weight excluding hydrogens is 413 g/mol. The highest BCUT2D eigenvalue weighted by Gasteiger charge is 2.44. The van der Waals surface area contributed by atoms with Crippen molar-refractivity contribution in [2.75, 3.05) is 13.7 Å². The predicted octanol–water partition coefficient (Wildman–Crippen LogP) is 2.43. The zero-order valence-corrected chi connectivity index (χ0v) is 18.1. The van der Waals surface area contributed by atoms with Crippen LogP contribution in [0.25, 0.3) is 0 Å². The standard InChI is InChI=1S/C20H30FN3O5S/c1-13-10-18(23-30(27,28)22-2)19(24(13)20(25)26)12-29-17-8-6-14(7-9-17)15-4-3-5-16(21)11-15/h3-5,11,13-14,17-19,22-23H,6-10,12H2,1-2H3,(H,25,26)/t13-,14?,17?,18+,19+/m1/s1. The molecule has 30 heavy (non-hydrogen) atoms. The number of carbonyl (C=O) groups is 1. The van der Waals surface area contributed by atoms with Gasteiger partial charge in [0, 0.05) is 19.1 Å². The molecule has 168 valence electrons. The van der Waals surface area contributed by atoms with Gasteiger partial charge in [0.25, 0.3) is 10.2 Å². The van der Waals surface area contributed by atoms with Gasteiger partial charge in [-0.1, -0.05) is 12.1 Å². The van der Waals surface area contributed by atoms with E-state index in [9.17, 15) is 22.7 Å². The Morgan fingerprint density at radius 3 is 2.60 bits per heavy atom. The molecule has 3 N–H and O–H groups in total. The summed E-state index contributed by atoms with van der Waals surface area (Å²) in [4.78, 5) is 13.0. The van der Waals surface area contributed by atoms with E-state index in [2.05, 4.69) is 9.44 Å². The molecule has 1 aromatic carbocycles. The Bertz CT molecular complexity index is 845. The number of likely N-dealkylation sites (tertiary alicyclic amines) is 1. The van der Waals surface area contributed by atoms with Crippen molar-refractivity contribution in [3.8, 4) is 0 Å². The fourth-order valence-corrected chi connectivity index (χ4v) is 5.40. The Balaban J connectivity index is 1.59. The van der Waals surface area contributed by atoms with Crippen molar-refractivity contribution in [3.05, 3.63) is 35.6 Å². The van der Waals surface area contributed by atoms with Crippen LogP contribution in [0.3, 0.4) is 0 Å². The third kappa shape index (κ3) is 5.48. The van der Waals surface area contributed by atoms with Crippen LogP contribution in [-0.4, -0.2) is 62.4 Å². The van der Waals surface area contributed by atoms with Crippen LogP contribution >= 0.6 is 0 Å². The lowest BCUT2D eigenvalue weighted by Gasteiger charge is -2.32. The molecule has 1 aliphatic carbocycles. The Labute approximate surface area is 177 Å². The van der Waals surface area contributed by atoms with Crippen LogP contribution in [0.15, 0.2) is 24.3 Å². The highest BCUT2D eigenvalue weighted by molar-refractivity contribution is 7.87. The fraction of sp³-hybridized carbons (Fsp3) is 0.650. The maximum atomic E-state index is 13.5. The molecule has 1 aromatic rings. The molecule has 0 radical (unpaired) electrons. The first-order chi connectivity index (χ1) is 14.2. The monoisotopic (exact) mass is 443 g/mol. The molecule has 2 aliphatic rings. The lowest BCUT2D eigenvalue weighted by Crippen LogP contribution is -2.51. The van der Waals surface area contributed by atoms with Crippen LogP contribution in [0.5, 0.6) is 0 Å². The largest absolute Gasteiger partial charge is 0.465 e. The van der Waals surface area contributed by atoms with E-state index in [1.165, 1.54) is 18.0 Å². The zero-order valence-electron chi connectivity index (χ0n) is 17.3. The van der Waals surface area contributed by atoms with Crippen LogP contribution < -0.4 is 9.44 Å². The van der Waals surface area contributed by atoms with E-state index in [-0.39, 0.29) is 30.5 Å². The topological polar surface area (TPSA) is 108 Å². The van der Waals surface area contributed by atoms with Gasteiger partial charge in [0.05, 0.1) is 18.8 Å². The van der Waals surface area contributed by atoms with Gasteiger partial charge in [0.2, 0.25) is 0 Å². The summed E-state index contributed by atoms with van der Waals surface area (Å²) in [6.07, 6.45) is 2.60. The SMILES string of the molecule is CNS(=O)(=O)N[C@H]1C[C@@H](C)N(C(=O)O)[C@H]1COC1CCC(c2cccc(F)c2)CC1. The number of nitrogens with zero attached hydrogens (tertiary/aromatic N) is 1. The summed E-state index contributed by atoms with van der Waals surface area (Å²) in [5.41, 5.74) is 0.997. The fourth-order valence-electron chi connectivity index (χ4n) is 4.63. The van der Waals surface area contributed by atoms with Crippen molar-refractivity contribution in [1.29, 1.82) is 0 Å². The van der Waals surface area contributed by atoms with Gasteiger partial charge >= 0.3 is 6.09 Å². The van der Waals surface area contributed by atoms with Gasteiger partial charge < -0.3 is 9.84 Å². The van der Waals surface area contributed by atoms with Crippen molar-refractivity contribution in [3.63, 3.8) is 0 Å². The van der Waals surface area contributed by atoms with Crippen LogP contribution in [-0.2, 0) is 14.9 Å². The molecule has 10 heteroatoms. The molecule has 1 aliphatic heterocycles. The summed E-state index contributed by atoms with van der Waals surface area (Å²) in [5, 5.41) is 9.59. The van der Waals surface area contributed by atoms with Crippen molar-refractivity contribution >= 4 is 16.3 Å². The van der Waals surface area contributed by atoms with Crippen LogP contribution in [0.2, 0.25) is 0 Å². The summed E-state index contributed by atoms with van der Waals surface area (Å²) in [6, 6.07) is 5.21. The number of ether oxygens (including phenoxy) is 1. The summed E-state index contributed by atoms with van der Waals surface area (Å²) in [5.74, 6) is 0.0582. The maximum absolute atomic E-state index is 13.5. The minimum Gasteiger partial charge on any atom is -0.465 e. The average molecular weight is 444 g/mol. The number of nitrogens with one attached hydrogen (secondary N) is 2. The molecule has 1 saturated carbocycles. The molecule has 8 nitrogen and oxygen atoms in total. The molecule has 1 amide bonds. The predicted molar refractivity (Wildman–Crippen MR) is 110 cm³/mol. The highest BCUT2D eigenvalue weighted by Crippen LogP contribution is 2.35. The summed E-state index contributed by atoms with van der Waals surface area (Å²) in [7, 11) is -2.40. The number of hydrogen-bond donors (Lipinski definition) is 3. The minimum absolute atomic E-state index is 0.0251. The number of benzene rings is 1. The molecule has 0 unspecified atom stereocenters. The molecule has 3 atom stereocenters. The number of halogens is 1. The average Bonchev–Trinajstić information content (AvgIpc) is 3.01. The number of carboxylic acid groups (broad SMARTS) is 1. The molecule has 1 heterocycles. The van der Waals surface area contributed by atoms with Gasteiger partial charge in [0.15, 0.2) is 0 Å². The van der Waals surface area contributed by atoms with Crippen molar-refractivity contribution < 1.29 is 27.4 Å². The van der Waals surface area contributed by atoms with Gasteiger partial charge in [-0.05, 0) is 62.6 Å². The van der Waals surface area contributed by atoms with Gasteiger partial charge in [-0.15, -0.1) is 0 Å². The van der Waals surface area contributed by atoms with Gasteiger partial charge in [-0.25, -0.2) is 13.9 Å². The number of hydrogen-bond acceptors (Lipinski definition) is 4. The molecule has 2 fully saturated rings. The van der Waals surface area contributed by atoms with E-state index in [1.807, 2.05) is 6.07 Å². The third-order valence-corrected chi connectivity index (χ3v) is 7.34. The second kappa shape index (κ2) is 9.59. The van der Waals surface area contributed by atoms with Crippen molar-refractivity contribution in [1.82, 2.24) is 14.3 Å². The molecule has 0 spiro atoms. The van der Waals surface area contributed by atoms with E-state index in [0.29, 0.717) is 6.42 Å². The third-order valence-electron chi connectivity index (χ3n) is 6.18. The normalized spacial score (nSPS) is 29.8. The van der Waals surface area contributed by atoms with E-state index < -0.39 is 28.4 Å². The lowest BCUT2D eigenvalue weighted by atomic mass is 9.82. The van der Waals surface area contributed by atoms with Crippen molar-refractivity contribution in [2.45, 2.75) is 69.2 Å². The highest BCUT2D eigenvalue weighted by atomic mass is 32.2. The second-order valence-corrected chi connectivity index (χ2v) is 9.79. The first-order valence-corrected chi connectivity index (χ1v) is 11.8.